The van der Waals surface area contributed by atoms with Crippen LogP contribution in [0.1, 0.15) is 17.2 Å². The maximum atomic E-state index is 6.12. The van der Waals surface area contributed by atoms with Crippen molar-refractivity contribution < 1.29 is 9.47 Å². The van der Waals surface area contributed by atoms with Crippen LogP contribution in [0.4, 0.5) is 0 Å². The van der Waals surface area contributed by atoms with E-state index in [1.54, 1.807) is 6.07 Å². The minimum absolute atomic E-state index is 0.0855. The fourth-order valence-electron chi connectivity index (χ4n) is 2.67. The molecule has 2 N–H and O–H groups in total. The summed E-state index contributed by atoms with van der Waals surface area (Å²) in [5, 5.41) is 7.96. The number of rotatable bonds is 2. The lowest BCUT2D eigenvalue weighted by Gasteiger charge is -2.26. The van der Waals surface area contributed by atoms with Crippen LogP contribution in [-0.4, -0.2) is 11.9 Å². The molecule has 0 amide bonds. The molecule has 122 valence electrons. The molecule has 0 spiro atoms. The summed E-state index contributed by atoms with van der Waals surface area (Å²) >= 11 is 17.5. The van der Waals surface area contributed by atoms with E-state index >= 15 is 0 Å². The highest BCUT2D eigenvalue weighted by Gasteiger charge is 2.21. The standard InChI is InChI=1S/C17H12Cl2N2O2S/c18-11-3-1-9(5-12(11)19)13-7-14(21-17(24)20-13)10-2-4-15-16(6-10)23-8-22-15/h1-7,14H,8H2,(H2,20,21,24)/t14-/m0/s1. The maximum Gasteiger partial charge on any atom is 0.231 e. The number of halogens is 2. The van der Waals surface area contributed by atoms with Crippen molar-refractivity contribution in [3.8, 4) is 11.5 Å². The molecule has 4 rings (SSSR count). The molecule has 0 aliphatic carbocycles. The molecule has 4 nitrogen and oxygen atoms in total. The Morgan fingerprint density at radius 1 is 1.00 bits per heavy atom. The first-order valence-electron chi connectivity index (χ1n) is 7.24. The Morgan fingerprint density at radius 3 is 2.67 bits per heavy atom. The van der Waals surface area contributed by atoms with Crippen molar-refractivity contribution in [1.82, 2.24) is 10.6 Å². The predicted octanol–water partition coefficient (Wildman–Crippen LogP) is 4.28. The van der Waals surface area contributed by atoms with Gasteiger partial charge in [-0.15, -0.1) is 0 Å². The van der Waals surface area contributed by atoms with Crippen LogP contribution in [0.3, 0.4) is 0 Å². The molecule has 1 atom stereocenters. The smallest absolute Gasteiger partial charge is 0.231 e. The first-order chi connectivity index (χ1) is 11.6. The third kappa shape index (κ3) is 2.90. The maximum absolute atomic E-state index is 6.12. The highest BCUT2D eigenvalue weighted by molar-refractivity contribution is 7.80. The summed E-state index contributed by atoms with van der Waals surface area (Å²) in [7, 11) is 0. The minimum Gasteiger partial charge on any atom is -0.454 e. The summed E-state index contributed by atoms with van der Waals surface area (Å²) in [4.78, 5) is 0. The van der Waals surface area contributed by atoms with Crippen molar-refractivity contribution in [2.24, 2.45) is 0 Å². The molecule has 2 aromatic carbocycles. The average molecular weight is 379 g/mol. The average Bonchev–Trinajstić information content (AvgIpc) is 3.04. The zero-order chi connectivity index (χ0) is 16.7. The van der Waals surface area contributed by atoms with Gasteiger partial charge in [-0.25, -0.2) is 0 Å². The highest BCUT2D eigenvalue weighted by atomic mass is 35.5. The molecule has 0 fully saturated rings. The Morgan fingerprint density at radius 2 is 1.83 bits per heavy atom. The van der Waals surface area contributed by atoms with Crippen LogP contribution in [-0.2, 0) is 0 Å². The van der Waals surface area contributed by atoms with Crippen LogP contribution in [0.2, 0.25) is 10.0 Å². The van der Waals surface area contributed by atoms with Gasteiger partial charge < -0.3 is 20.1 Å². The summed E-state index contributed by atoms with van der Waals surface area (Å²) in [6.07, 6.45) is 2.05. The summed E-state index contributed by atoms with van der Waals surface area (Å²) in [6, 6.07) is 11.2. The van der Waals surface area contributed by atoms with Crippen LogP contribution in [0.5, 0.6) is 11.5 Å². The van der Waals surface area contributed by atoms with Gasteiger partial charge in [-0.2, -0.15) is 0 Å². The topological polar surface area (TPSA) is 42.5 Å². The van der Waals surface area contributed by atoms with E-state index in [0.29, 0.717) is 15.2 Å². The number of hydrogen-bond acceptors (Lipinski definition) is 3. The molecule has 7 heteroatoms. The second-order valence-corrected chi connectivity index (χ2v) is 6.62. The first-order valence-corrected chi connectivity index (χ1v) is 8.41. The molecule has 0 unspecified atom stereocenters. The van der Waals surface area contributed by atoms with Gasteiger partial charge in [0.05, 0.1) is 16.1 Å². The number of fused-ring (bicyclic) bond motifs is 1. The lowest BCUT2D eigenvalue weighted by Crippen LogP contribution is -2.40. The van der Waals surface area contributed by atoms with Crippen molar-refractivity contribution in [2.75, 3.05) is 6.79 Å². The minimum atomic E-state index is -0.0855. The predicted molar refractivity (Wildman–Crippen MR) is 98.6 cm³/mol. The quantitative estimate of drug-likeness (QED) is 0.763. The van der Waals surface area contributed by atoms with E-state index in [-0.39, 0.29) is 12.8 Å². The number of thiocarbonyl (C=S) groups is 1. The fourth-order valence-corrected chi connectivity index (χ4v) is 3.20. The first kappa shape index (κ1) is 15.6. The number of benzene rings is 2. The van der Waals surface area contributed by atoms with Crippen LogP contribution in [0.15, 0.2) is 42.5 Å². The molecule has 2 aliphatic rings. The summed E-state index contributed by atoms with van der Waals surface area (Å²) < 4.78 is 10.8. The van der Waals surface area contributed by atoms with Crippen LogP contribution in [0, 0.1) is 0 Å². The van der Waals surface area contributed by atoms with Crippen molar-refractivity contribution >= 4 is 46.2 Å². The largest absolute Gasteiger partial charge is 0.454 e. The van der Waals surface area contributed by atoms with Gasteiger partial charge in [-0.1, -0.05) is 35.3 Å². The number of nitrogens with one attached hydrogen (secondary N) is 2. The van der Waals surface area contributed by atoms with Gasteiger partial charge in [0.2, 0.25) is 6.79 Å². The molecule has 24 heavy (non-hydrogen) atoms. The molecule has 2 aromatic rings. The SMILES string of the molecule is S=C1NC(c2ccc(Cl)c(Cl)c2)=C[C@@H](c2ccc3c(c2)OCO3)N1. The Bertz CT molecular complexity index is 870. The van der Waals surface area contributed by atoms with Gasteiger partial charge in [0.1, 0.15) is 0 Å². The molecule has 0 aromatic heterocycles. The van der Waals surface area contributed by atoms with Crippen molar-refractivity contribution in [3.05, 3.63) is 63.6 Å². The Hall–Kier alpha value is -1.95. The zero-order valence-electron chi connectivity index (χ0n) is 12.3. The van der Waals surface area contributed by atoms with Crippen LogP contribution in [0.25, 0.3) is 5.70 Å². The highest BCUT2D eigenvalue weighted by Crippen LogP contribution is 2.35. The van der Waals surface area contributed by atoms with Crippen LogP contribution >= 0.6 is 35.4 Å². The lowest BCUT2D eigenvalue weighted by molar-refractivity contribution is 0.174. The molecule has 0 saturated carbocycles. The van der Waals surface area contributed by atoms with E-state index in [2.05, 4.69) is 10.6 Å². The lowest BCUT2D eigenvalue weighted by atomic mass is 10.0. The molecule has 0 saturated heterocycles. The molecule has 2 heterocycles. The normalized spacial score (nSPS) is 18.7. The van der Waals surface area contributed by atoms with Crippen molar-refractivity contribution in [2.45, 2.75) is 6.04 Å². The Balaban J connectivity index is 1.70. The van der Waals surface area contributed by atoms with Gasteiger partial charge in [0, 0.05) is 5.70 Å². The van der Waals surface area contributed by atoms with Gasteiger partial charge in [0.15, 0.2) is 16.6 Å². The van der Waals surface area contributed by atoms with Crippen molar-refractivity contribution in [3.63, 3.8) is 0 Å². The van der Waals surface area contributed by atoms with E-state index in [1.165, 1.54) is 0 Å². The van der Waals surface area contributed by atoms with Gasteiger partial charge in [0.25, 0.3) is 0 Å². The number of ether oxygens (including phenoxy) is 2. The van der Waals surface area contributed by atoms with E-state index in [9.17, 15) is 0 Å². The van der Waals surface area contributed by atoms with Crippen molar-refractivity contribution in [1.29, 1.82) is 0 Å². The van der Waals surface area contributed by atoms with E-state index in [4.69, 9.17) is 44.9 Å². The third-order valence-corrected chi connectivity index (χ3v) is 4.81. The molecular formula is C17H12Cl2N2O2S. The van der Waals surface area contributed by atoms with E-state index < -0.39 is 0 Å². The molecule has 0 bridgehead atoms. The number of hydrogen-bond donors (Lipinski definition) is 2. The molecule has 0 radical (unpaired) electrons. The van der Waals surface area contributed by atoms with Crippen LogP contribution < -0.4 is 20.1 Å². The van der Waals surface area contributed by atoms with Gasteiger partial charge in [-0.05, 0) is 53.7 Å². The van der Waals surface area contributed by atoms with E-state index in [0.717, 1.165) is 28.3 Å². The molecular weight excluding hydrogens is 367 g/mol. The van der Waals surface area contributed by atoms with Gasteiger partial charge in [-0.3, -0.25) is 0 Å². The summed E-state index contributed by atoms with van der Waals surface area (Å²) in [5.41, 5.74) is 2.82. The zero-order valence-corrected chi connectivity index (χ0v) is 14.6. The third-order valence-electron chi connectivity index (χ3n) is 3.85. The summed E-state index contributed by atoms with van der Waals surface area (Å²) in [5.74, 6) is 1.49. The fraction of sp³-hybridized carbons (Fsp3) is 0.118. The summed E-state index contributed by atoms with van der Waals surface area (Å²) in [6.45, 7) is 0.251. The monoisotopic (exact) mass is 378 g/mol. The second kappa shape index (κ2) is 6.16. The molecule has 2 aliphatic heterocycles. The Labute approximate surface area is 154 Å². The van der Waals surface area contributed by atoms with Gasteiger partial charge >= 0.3 is 0 Å². The van der Waals surface area contributed by atoms with E-state index in [1.807, 2.05) is 36.4 Å². The Kier molecular flexibility index (Phi) is 4.00. The second-order valence-electron chi connectivity index (χ2n) is 5.40.